The van der Waals surface area contributed by atoms with E-state index < -0.39 is 0 Å². The van der Waals surface area contributed by atoms with Crippen LogP contribution in [0, 0.1) is 0 Å². The Hall–Kier alpha value is -7.11. The van der Waals surface area contributed by atoms with Crippen molar-refractivity contribution >= 4 is 28.0 Å². The highest BCUT2D eigenvalue weighted by Gasteiger charge is 2.30. The van der Waals surface area contributed by atoms with Crippen molar-refractivity contribution in [3.63, 3.8) is 0 Å². The number of benzene rings is 7. The average Bonchev–Trinajstić information content (AvgIpc) is 3.56. The highest BCUT2D eigenvalue weighted by atomic mass is 16.3. The number of rotatable bonds is 5. The van der Waals surface area contributed by atoms with Gasteiger partial charge in [0.15, 0.2) is 17.5 Å². The lowest BCUT2D eigenvalue weighted by atomic mass is 9.98. The van der Waals surface area contributed by atoms with Gasteiger partial charge in [-0.1, -0.05) is 140 Å². The molecule has 52 heavy (non-hydrogen) atoms. The molecule has 5 nitrogen and oxygen atoms in total. The van der Waals surface area contributed by atoms with Gasteiger partial charge in [-0.3, -0.25) is 0 Å². The molecule has 7 aromatic carbocycles. The third kappa shape index (κ3) is 5.07. The predicted octanol–water partition coefficient (Wildman–Crippen LogP) is 12.4. The SMILES string of the molecule is c1ccc(-c2nc(-c3ccccc3)nc(-c3cccc(-c4cccc(N5c6ccccc6-c6oc7ccccc7c6-c6ccccc65)c4)c3)n2)cc1. The van der Waals surface area contributed by atoms with Crippen LogP contribution in [0.3, 0.4) is 0 Å². The molecular weight excluding hydrogens is 637 g/mol. The number of nitrogens with zero attached hydrogens (tertiary/aromatic N) is 4. The van der Waals surface area contributed by atoms with E-state index in [1.807, 2.05) is 72.8 Å². The summed E-state index contributed by atoms with van der Waals surface area (Å²) in [7, 11) is 0. The first-order valence-corrected chi connectivity index (χ1v) is 17.4. The Morgan fingerprint density at radius 2 is 0.885 bits per heavy atom. The zero-order valence-corrected chi connectivity index (χ0v) is 28.0. The van der Waals surface area contributed by atoms with E-state index in [1.165, 1.54) is 0 Å². The first-order chi connectivity index (χ1) is 25.8. The molecule has 2 aromatic heterocycles. The molecule has 0 saturated heterocycles. The maximum atomic E-state index is 6.62. The summed E-state index contributed by atoms with van der Waals surface area (Å²) in [5, 5.41) is 1.11. The van der Waals surface area contributed by atoms with Crippen molar-refractivity contribution in [2.24, 2.45) is 0 Å². The van der Waals surface area contributed by atoms with E-state index in [2.05, 4.69) is 114 Å². The van der Waals surface area contributed by atoms with Gasteiger partial charge in [0.1, 0.15) is 11.3 Å². The Morgan fingerprint density at radius 1 is 0.385 bits per heavy atom. The van der Waals surface area contributed by atoms with Gasteiger partial charge in [-0.05, 0) is 53.6 Å². The van der Waals surface area contributed by atoms with Crippen LogP contribution in [0.15, 0.2) is 186 Å². The normalized spacial score (nSPS) is 11.8. The fraction of sp³-hybridized carbons (Fsp3) is 0. The molecule has 0 N–H and O–H groups in total. The Labute approximate surface area is 301 Å². The van der Waals surface area contributed by atoms with Crippen LogP contribution in [0.4, 0.5) is 17.1 Å². The summed E-state index contributed by atoms with van der Waals surface area (Å²) in [6.45, 7) is 0. The summed E-state index contributed by atoms with van der Waals surface area (Å²) in [6, 6.07) is 62.8. The third-order valence-corrected chi connectivity index (χ3v) is 9.66. The lowest BCUT2D eigenvalue weighted by Crippen LogP contribution is -2.11. The van der Waals surface area contributed by atoms with E-state index in [4.69, 9.17) is 19.4 Å². The smallest absolute Gasteiger partial charge is 0.164 e. The third-order valence-electron chi connectivity index (χ3n) is 9.66. The van der Waals surface area contributed by atoms with E-state index in [-0.39, 0.29) is 0 Å². The number of furan rings is 1. The van der Waals surface area contributed by atoms with E-state index >= 15 is 0 Å². The number of fused-ring (bicyclic) bond motifs is 7. The quantitative estimate of drug-likeness (QED) is 0.183. The lowest BCUT2D eigenvalue weighted by molar-refractivity contribution is 0.633. The van der Waals surface area contributed by atoms with Crippen molar-refractivity contribution in [3.05, 3.63) is 182 Å². The molecule has 0 atom stereocenters. The number of para-hydroxylation sites is 3. The fourth-order valence-electron chi connectivity index (χ4n) is 7.25. The molecule has 0 amide bonds. The lowest BCUT2D eigenvalue weighted by Gasteiger charge is -2.27. The Balaban J connectivity index is 1.10. The van der Waals surface area contributed by atoms with E-state index in [0.29, 0.717) is 17.5 Å². The molecular formula is C47H30N4O. The number of hydrogen-bond acceptors (Lipinski definition) is 5. The van der Waals surface area contributed by atoms with Gasteiger partial charge in [-0.25, -0.2) is 15.0 Å². The van der Waals surface area contributed by atoms with Crippen molar-refractivity contribution < 1.29 is 4.42 Å². The zero-order chi connectivity index (χ0) is 34.4. The van der Waals surface area contributed by atoms with Crippen LogP contribution < -0.4 is 4.90 Å². The summed E-state index contributed by atoms with van der Waals surface area (Å²) in [5.74, 6) is 2.80. The minimum atomic E-state index is 0.627. The molecule has 5 heteroatoms. The van der Waals surface area contributed by atoms with Gasteiger partial charge >= 0.3 is 0 Å². The largest absolute Gasteiger partial charge is 0.455 e. The van der Waals surface area contributed by atoms with Crippen LogP contribution >= 0.6 is 0 Å². The second-order valence-electron chi connectivity index (χ2n) is 12.8. The van der Waals surface area contributed by atoms with Crippen LogP contribution in [0.2, 0.25) is 0 Å². The summed E-state index contributed by atoms with van der Waals surface area (Å²) in [5.41, 5.74) is 12.3. The number of hydrogen-bond donors (Lipinski definition) is 0. The van der Waals surface area contributed by atoms with Crippen molar-refractivity contribution in [1.82, 2.24) is 15.0 Å². The molecule has 0 unspecified atom stereocenters. The molecule has 0 aliphatic carbocycles. The molecule has 3 heterocycles. The monoisotopic (exact) mass is 666 g/mol. The van der Waals surface area contributed by atoms with Gasteiger partial charge in [-0.2, -0.15) is 0 Å². The molecule has 0 fully saturated rings. The van der Waals surface area contributed by atoms with Crippen molar-refractivity contribution in [3.8, 4) is 67.7 Å². The molecule has 1 aliphatic heterocycles. The van der Waals surface area contributed by atoms with Gasteiger partial charge in [-0.15, -0.1) is 0 Å². The van der Waals surface area contributed by atoms with Crippen molar-refractivity contribution in [1.29, 1.82) is 0 Å². The standard InChI is InChI=1S/C47H30N4O/c1-3-15-31(16-4-1)45-48-46(32-17-5-2-6-18-32)50-47(49-45)35-21-13-19-33(29-35)34-20-14-22-36(30-34)51-40-26-10-7-23-37(40)43-39-25-9-12-28-42(39)52-44(43)38-24-8-11-27-41(38)51/h1-30H. The highest BCUT2D eigenvalue weighted by Crippen LogP contribution is 2.53. The summed E-state index contributed by atoms with van der Waals surface area (Å²) in [6.07, 6.45) is 0. The van der Waals surface area contributed by atoms with E-state index in [9.17, 15) is 0 Å². The van der Waals surface area contributed by atoms with Gasteiger partial charge in [0.05, 0.1) is 11.4 Å². The fourth-order valence-corrected chi connectivity index (χ4v) is 7.25. The van der Waals surface area contributed by atoms with E-state index in [1.54, 1.807) is 0 Å². The Morgan fingerprint density at radius 3 is 1.60 bits per heavy atom. The molecule has 0 spiro atoms. The van der Waals surface area contributed by atoms with Crippen LogP contribution in [-0.2, 0) is 0 Å². The molecule has 0 radical (unpaired) electrons. The second-order valence-corrected chi connectivity index (χ2v) is 12.8. The Kier molecular flexibility index (Phi) is 7.07. The van der Waals surface area contributed by atoms with Gasteiger partial charge in [0.2, 0.25) is 0 Å². The topological polar surface area (TPSA) is 55.1 Å². The molecule has 0 bridgehead atoms. The molecule has 1 aliphatic rings. The summed E-state index contributed by atoms with van der Waals surface area (Å²) < 4.78 is 6.62. The maximum Gasteiger partial charge on any atom is 0.164 e. The summed E-state index contributed by atoms with van der Waals surface area (Å²) >= 11 is 0. The van der Waals surface area contributed by atoms with Crippen LogP contribution in [0.25, 0.3) is 78.7 Å². The van der Waals surface area contributed by atoms with Crippen LogP contribution in [0.5, 0.6) is 0 Å². The zero-order valence-electron chi connectivity index (χ0n) is 28.0. The first-order valence-electron chi connectivity index (χ1n) is 17.4. The minimum absolute atomic E-state index is 0.627. The van der Waals surface area contributed by atoms with Gasteiger partial charge < -0.3 is 9.32 Å². The Bertz CT molecular complexity index is 2700. The molecule has 244 valence electrons. The molecule has 10 rings (SSSR count). The summed E-state index contributed by atoms with van der Waals surface area (Å²) in [4.78, 5) is 17.2. The first kappa shape index (κ1) is 29.8. The van der Waals surface area contributed by atoms with Crippen molar-refractivity contribution in [2.45, 2.75) is 0 Å². The molecule has 0 saturated carbocycles. The van der Waals surface area contributed by atoms with Crippen LogP contribution in [-0.4, -0.2) is 15.0 Å². The highest BCUT2D eigenvalue weighted by molar-refractivity contribution is 6.10. The van der Waals surface area contributed by atoms with Crippen LogP contribution in [0.1, 0.15) is 0 Å². The van der Waals surface area contributed by atoms with Gasteiger partial charge in [0, 0.05) is 44.5 Å². The molecule has 9 aromatic rings. The van der Waals surface area contributed by atoms with E-state index in [0.717, 1.165) is 78.3 Å². The minimum Gasteiger partial charge on any atom is -0.455 e. The number of anilines is 3. The van der Waals surface area contributed by atoms with Crippen molar-refractivity contribution in [2.75, 3.05) is 4.90 Å². The number of aromatic nitrogens is 3. The van der Waals surface area contributed by atoms with Gasteiger partial charge in [0.25, 0.3) is 0 Å². The second kappa shape index (κ2) is 12.3. The maximum absolute atomic E-state index is 6.62. The predicted molar refractivity (Wildman–Crippen MR) is 210 cm³/mol. The average molecular weight is 667 g/mol.